The molecule has 1 aliphatic carbocycles. The number of rotatable bonds is 2. The summed E-state index contributed by atoms with van der Waals surface area (Å²) in [6.07, 6.45) is 6.80. The molecule has 1 heterocycles. The number of likely N-dealkylation sites (tertiary alicyclic amines) is 1. The van der Waals surface area contributed by atoms with Crippen molar-refractivity contribution in [2.75, 3.05) is 13.1 Å². The summed E-state index contributed by atoms with van der Waals surface area (Å²) >= 11 is 0. The van der Waals surface area contributed by atoms with Gasteiger partial charge in [0.05, 0.1) is 6.07 Å². The number of fused-ring (bicyclic) bond motifs is 1. The normalized spacial score (nSPS) is 34.9. The highest BCUT2D eigenvalue weighted by atomic mass is 15.2. The number of nitrogens with two attached hydrogens (primary N) is 1. The van der Waals surface area contributed by atoms with Gasteiger partial charge in [0.2, 0.25) is 0 Å². The molecule has 78 valence electrons. The molecule has 0 bridgehead atoms. The third-order valence-corrected chi connectivity index (χ3v) is 3.72. The molecule has 2 N–H and O–H groups in total. The SMILES string of the molecule is N#CC(N)CN1CCC2CCCCC21. The quantitative estimate of drug-likeness (QED) is 0.714. The van der Waals surface area contributed by atoms with E-state index < -0.39 is 0 Å². The minimum atomic E-state index is -0.296. The monoisotopic (exact) mass is 193 g/mol. The van der Waals surface area contributed by atoms with Crippen LogP contribution in [-0.2, 0) is 0 Å². The molecule has 2 fully saturated rings. The van der Waals surface area contributed by atoms with Gasteiger partial charge in [0.1, 0.15) is 6.04 Å². The Morgan fingerprint density at radius 3 is 2.93 bits per heavy atom. The van der Waals surface area contributed by atoms with E-state index >= 15 is 0 Å². The van der Waals surface area contributed by atoms with Gasteiger partial charge < -0.3 is 5.73 Å². The van der Waals surface area contributed by atoms with E-state index in [0.717, 1.165) is 25.0 Å². The first-order valence-corrected chi connectivity index (χ1v) is 5.70. The first-order chi connectivity index (χ1) is 6.81. The van der Waals surface area contributed by atoms with Gasteiger partial charge in [-0.1, -0.05) is 12.8 Å². The summed E-state index contributed by atoms with van der Waals surface area (Å²) in [5.74, 6) is 0.898. The van der Waals surface area contributed by atoms with Crippen molar-refractivity contribution in [2.24, 2.45) is 11.7 Å². The van der Waals surface area contributed by atoms with Gasteiger partial charge in [-0.3, -0.25) is 4.90 Å². The van der Waals surface area contributed by atoms with Crippen LogP contribution in [0, 0.1) is 17.2 Å². The van der Waals surface area contributed by atoms with E-state index in [9.17, 15) is 0 Å². The van der Waals surface area contributed by atoms with Crippen molar-refractivity contribution in [3.05, 3.63) is 0 Å². The van der Waals surface area contributed by atoms with E-state index in [1.807, 2.05) is 0 Å². The molecule has 0 aromatic heterocycles. The average Bonchev–Trinajstić information content (AvgIpc) is 2.62. The predicted molar refractivity (Wildman–Crippen MR) is 55.5 cm³/mol. The number of hydrogen-bond donors (Lipinski definition) is 1. The fourth-order valence-corrected chi connectivity index (χ4v) is 3.02. The summed E-state index contributed by atoms with van der Waals surface area (Å²) < 4.78 is 0. The van der Waals surface area contributed by atoms with E-state index in [4.69, 9.17) is 11.0 Å². The van der Waals surface area contributed by atoms with E-state index in [2.05, 4.69) is 11.0 Å². The van der Waals surface area contributed by atoms with E-state index in [0.29, 0.717) is 0 Å². The second-order valence-corrected chi connectivity index (χ2v) is 4.63. The molecule has 0 radical (unpaired) electrons. The van der Waals surface area contributed by atoms with Crippen molar-refractivity contribution in [3.63, 3.8) is 0 Å². The molecular formula is C11H19N3. The second-order valence-electron chi connectivity index (χ2n) is 4.63. The summed E-state index contributed by atoms with van der Waals surface area (Å²) in [4.78, 5) is 2.44. The zero-order valence-corrected chi connectivity index (χ0v) is 8.65. The van der Waals surface area contributed by atoms with Crippen LogP contribution in [0.2, 0.25) is 0 Å². The number of hydrogen-bond acceptors (Lipinski definition) is 3. The first-order valence-electron chi connectivity index (χ1n) is 5.70. The van der Waals surface area contributed by atoms with Crippen molar-refractivity contribution in [3.8, 4) is 6.07 Å². The van der Waals surface area contributed by atoms with Gasteiger partial charge in [0.15, 0.2) is 0 Å². The van der Waals surface area contributed by atoms with Crippen LogP contribution in [0.5, 0.6) is 0 Å². The molecule has 3 nitrogen and oxygen atoms in total. The predicted octanol–water partition coefficient (Wildman–Crippen LogP) is 1.10. The maximum atomic E-state index is 8.69. The molecule has 14 heavy (non-hydrogen) atoms. The lowest BCUT2D eigenvalue weighted by Crippen LogP contribution is -2.41. The molecule has 0 spiro atoms. The Morgan fingerprint density at radius 1 is 1.36 bits per heavy atom. The van der Waals surface area contributed by atoms with Crippen LogP contribution in [0.25, 0.3) is 0 Å². The van der Waals surface area contributed by atoms with Gasteiger partial charge in [0, 0.05) is 12.6 Å². The van der Waals surface area contributed by atoms with E-state index in [1.165, 1.54) is 32.1 Å². The van der Waals surface area contributed by atoms with Crippen molar-refractivity contribution in [2.45, 2.75) is 44.2 Å². The number of nitriles is 1. The minimum Gasteiger partial charge on any atom is -0.315 e. The van der Waals surface area contributed by atoms with Gasteiger partial charge in [-0.25, -0.2) is 0 Å². The molecule has 0 aromatic rings. The van der Waals surface area contributed by atoms with Crippen LogP contribution in [0.1, 0.15) is 32.1 Å². The first kappa shape index (κ1) is 9.95. The lowest BCUT2D eigenvalue weighted by Gasteiger charge is -2.32. The maximum Gasteiger partial charge on any atom is 0.106 e. The summed E-state index contributed by atoms with van der Waals surface area (Å²) in [5, 5.41) is 8.69. The smallest absolute Gasteiger partial charge is 0.106 e. The molecule has 3 atom stereocenters. The second kappa shape index (κ2) is 4.29. The molecule has 0 amide bonds. The van der Waals surface area contributed by atoms with Crippen molar-refractivity contribution >= 4 is 0 Å². The molecule has 2 aliphatic rings. The minimum absolute atomic E-state index is 0.296. The van der Waals surface area contributed by atoms with Gasteiger partial charge in [-0.15, -0.1) is 0 Å². The van der Waals surface area contributed by atoms with Gasteiger partial charge in [0.25, 0.3) is 0 Å². The fourth-order valence-electron chi connectivity index (χ4n) is 3.02. The topological polar surface area (TPSA) is 53.1 Å². The Labute approximate surface area is 85.9 Å². The molecule has 3 unspecified atom stereocenters. The zero-order valence-electron chi connectivity index (χ0n) is 8.65. The Morgan fingerprint density at radius 2 is 2.14 bits per heavy atom. The fraction of sp³-hybridized carbons (Fsp3) is 0.909. The Kier molecular flexibility index (Phi) is 3.05. The molecular weight excluding hydrogens is 174 g/mol. The number of nitrogens with zero attached hydrogens (tertiary/aromatic N) is 2. The summed E-state index contributed by atoms with van der Waals surface area (Å²) in [6.45, 7) is 1.93. The van der Waals surface area contributed by atoms with Crippen LogP contribution >= 0.6 is 0 Å². The van der Waals surface area contributed by atoms with Crippen molar-refractivity contribution < 1.29 is 0 Å². The van der Waals surface area contributed by atoms with Crippen LogP contribution in [0.15, 0.2) is 0 Å². The third-order valence-electron chi connectivity index (χ3n) is 3.72. The third kappa shape index (κ3) is 1.92. The standard InChI is InChI=1S/C11H19N3/c12-7-10(13)8-14-6-5-9-3-1-2-4-11(9)14/h9-11H,1-6,8,13H2. The average molecular weight is 193 g/mol. The molecule has 3 heteroatoms. The van der Waals surface area contributed by atoms with E-state index in [-0.39, 0.29) is 6.04 Å². The highest BCUT2D eigenvalue weighted by Crippen LogP contribution is 2.35. The van der Waals surface area contributed by atoms with Gasteiger partial charge in [-0.2, -0.15) is 5.26 Å². The molecule has 2 rings (SSSR count). The maximum absolute atomic E-state index is 8.69. The Balaban J connectivity index is 1.91. The largest absolute Gasteiger partial charge is 0.315 e. The molecule has 1 saturated heterocycles. The lowest BCUT2D eigenvalue weighted by atomic mass is 9.85. The Bertz CT molecular complexity index is 233. The molecule has 0 aromatic carbocycles. The summed E-state index contributed by atoms with van der Waals surface area (Å²) in [7, 11) is 0. The van der Waals surface area contributed by atoms with E-state index in [1.54, 1.807) is 0 Å². The van der Waals surface area contributed by atoms with Crippen LogP contribution in [0.4, 0.5) is 0 Å². The molecule has 1 aliphatic heterocycles. The van der Waals surface area contributed by atoms with Crippen molar-refractivity contribution in [1.29, 1.82) is 5.26 Å². The lowest BCUT2D eigenvalue weighted by molar-refractivity contribution is 0.180. The highest BCUT2D eigenvalue weighted by molar-refractivity contribution is 4.95. The van der Waals surface area contributed by atoms with Crippen LogP contribution < -0.4 is 5.73 Å². The Hall–Kier alpha value is -0.590. The highest BCUT2D eigenvalue weighted by Gasteiger charge is 2.35. The summed E-state index contributed by atoms with van der Waals surface area (Å²) in [5.41, 5.74) is 5.67. The van der Waals surface area contributed by atoms with Gasteiger partial charge >= 0.3 is 0 Å². The zero-order chi connectivity index (χ0) is 9.97. The van der Waals surface area contributed by atoms with Crippen molar-refractivity contribution in [1.82, 2.24) is 4.90 Å². The van der Waals surface area contributed by atoms with Crippen LogP contribution in [0.3, 0.4) is 0 Å². The molecule has 1 saturated carbocycles. The van der Waals surface area contributed by atoms with Gasteiger partial charge in [-0.05, 0) is 31.7 Å². The summed E-state index contributed by atoms with van der Waals surface area (Å²) in [6, 6.07) is 2.57. The van der Waals surface area contributed by atoms with Crippen LogP contribution in [-0.4, -0.2) is 30.1 Å².